The molecule has 2 aromatic rings. The molecule has 1 heterocycles. The molecule has 0 saturated carbocycles. The number of ether oxygens (including phenoxy) is 1. The summed E-state index contributed by atoms with van der Waals surface area (Å²) in [6, 6.07) is 9.35. The molecule has 2 atom stereocenters. The molecule has 2 unspecified atom stereocenters. The predicted octanol–water partition coefficient (Wildman–Crippen LogP) is 2.92. The third-order valence-corrected chi connectivity index (χ3v) is 4.20. The average Bonchev–Trinajstić information content (AvgIpc) is 2.96. The smallest absolute Gasteiger partial charge is 0.257 e. The average molecular weight is 333 g/mol. The van der Waals surface area contributed by atoms with Crippen LogP contribution in [0.5, 0.6) is 5.75 Å². The molecule has 4 nitrogen and oxygen atoms in total. The number of methoxy groups -OCH3 is 1. The van der Waals surface area contributed by atoms with Gasteiger partial charge in [-0.15, -0.1) is 0 Å². The van der Waals surface area contributed by atoms with E-state index >= 15 is 0 Å². The van der Waals surface area contributed by atoms with Gasteiger partial charge in [0.2, 0.25) is 0 Å². The number of β-amino-alcohol motifs (C(OH)–C–C–N with tert-alkyl or cyclic N) is 1. The summed E-state index contributed by atoms with van der Waals surface area (Å²) in [5.41, 5.74) is 0.618. The molecule has 1 aliphatic heterocycles. The van der Waals surface area contributed by atoms with Crippen molar-refractivity contribution in [2.75, 3.05) is 13.7 Å². The Balaban J connectivity index is 1.91. The van der Waals surface area contributed by atoms with Crippen molar-refractivity contribution in [1.82, 2.24) is 4.90 Å². The van der Waals surface area contributed by atoms with Crippen LogP contribution in [0.25, 0.3) is 0 Å². The normalized spacial score (nSPS) is 20.2. The zero-order valence-electron chi connectivity index (χ0n) is 13.1. The summed E-state index contributed by atoms with van der Waals surface area (Å²) < 4.78 is 32.2. The minimum atomic E-state index is -0.703. The van der Waals surface area contributed by atoms with Gasteiger partial charge in [0.1, 0.15) is 17.4 Å². The van der Waals surface area contributed by atoms with Gasteiger partial charge in [-0.1, -0.05) is 12.1 Å². The summed E-state index contributed by atoms with van der Waals surface area (Å²) in [7, 11) is 1.41. The van der Waals surface area contributed by atoms with Gasteiger partial charge in [-0.05, 0) is 36.2 Å². The Kier molecular flexibility index (Phi) is 4.49. The molecular weight excluding hydrogens is 316 g/mol. The minimum Gasteiger partial charge on any atom is -0.497 e. The first-order valence-corrected chi connectivity index (χ1v) is 7.57. The number of halogens is 2. The van der Waals surface area contributed by atoms with Crippen LogP contribution < -0.4 is 4.74 Å². The van der Waals surface area contributed by atoms with Gasteiger partial charge in [-0.2, -0.15) is 0 Å². The molecule has 1 amide bonds. The number of hydrogen-bond acceptors (Lipinski definition) is 3. The van der Waals surface area contributed by atoms with Crippen LogP contribution in [0, 0.1) is 11.6 Å². The van der Waals surface area contributed by atoms with Gasteiger partial charge < -0.3 is 14.7 Å². The van der Waals surface area contributed by atoms with Gasteiger partial charge in [-0.3, -0.25) is 4.79 Å². The van der Waals surface area contributed by atoms with Crippen molar-refractivity contribution in [2.45, 2.75) is 18.6 Å². The summed E-state index contributed by atoms with van der Waals surface area (Å²) in [4.78, 5) is 14.1. The highest BCUT2D eigenvalue weighted by Crippen LogP contribution is 2.34. The topological polar surface area (TPSA) is 49.8 Å². The molecule has 1 N–H and O–H groups in total. The van der Waals surface area contributed by atoms with Crippen molar-refractivity contribution in [2.24, 2.45) is 0 Å². The van der Waals surface area contributed by atoms with Crippen LogP contribution in [0.4, 0.5) is 8.78 Å². The highest BCUT2D eigenvalue weighted by atomic mass is 19.1. The Bertz CT molecular complexity index is 748. The van der Waals surface area contributed by atoms with Gasteiger partial charge in [0.05, 0.1) is 24.8 Å². The van der Waals surface area contributed by atoms with Crippen LogP contribution in [-0.4, -0.2) is 35.7 Å². The van der Waals surface area contributed by atoms with Crippen LogP contribution >= 0.6 is 0 Å². The first-order valence-electron chi connectivity index (χ1n) is 7.57. The lowest BCUT2D eigenvalue weighted by Gasteiger charge is -2.25. The Morgan fingerprint density at radius 3 is 2.54 bits per heavy atom. The van der Waals surface area contributed by atoms with Crippen molar-refractivity contribution < 1.29 is 23.4 Å². The van der Waals surface area contributed by atoms with E-state index in [1.54, 1.807) is 12.1 Å². The molecule has 6 heteroatoms. The minimum absolute atomic E-state index is 0.0861. The van der Waals surface area contributed by atoms with E-state index < -0.39 is 23.9 Å². The lowest BCUT2D eigenvalue weighted by molar-refractivity contribution is 0.0711. The third kappa shape index (κ3) is 3.10. The molecule has 126 valence electrons. The van der Waals surface area contributed by atoms with E-state index in [0.29, 0.717) is 17.7 Å². The van der Waals surface area contributed by atoms with Gasteiger partial charge in [-0.25, -0.2) is 8.78 Å². The maximum atomic E-state index is 14.2. The SMILES string of the molecule is COc1ccc(C(=O)N2CC(O)CC2c2ccc(F)cc2)c(F)c1. The molecule has 1 saturated heterocycles. The molecule has 1 aliphatic rings. The van der Waals surface area contributed by atoms with Crippen LogP contribution in [0.2, 0.25) is 0 Å². The number of nitrogens with zero attached hydrogens (tertiary/aromatic N) is 1. The summed E-state index contributed by atoms with van der Waals surface area (Å²) in [5.74, 6) is -1.25. The molecule has 0 bridgehead atoms. The van der Waals surface area contributed by atoms with Gasteiger partial charge in [0, 0.05) is 12.6 Å². The quantitative estimate of drug-likeness (QED) is 0.940. The summed E-state index contributed by atoms with van der Waals surface area (Å²) in [6.07, 6.45) is -0.375. The molecule has 1 fully saturated rings. The summed E-state index contributed by atoms with van der Waals surface area (Å²) in [6.45, 7) is 0.104. The van der Waals surface area contributed by atoms with Gasteiger partial charge >= 0.3 is 0 Å². The largest absolute Gasteiger partial charge is 0.497 e. The Hall–Kier alpha value is -2.47. The number of carbonyl (C=O) groups excluding carboxylic acids is 1. The maximum absolute atomic E-state index is 14.2. The van der Waals surface area contributed by atoms with Crippen LogP contribution in [-0.2, 0) is 0 Å². The monoisotopic (exact) mass is 333 g/mol. The lowest BCUT2D eigenvalue weighted by atomic mass is 10.0. The van der Waals surface area contributed by atoms with E-state index in [1.807, 2.05) is 0 Å². The number of rotatable bonds is 3. The molecule has 3 rings (SSSR count). The Morgan fingerprint density at radius 2 is 1.92 bits per heavy atom. The number of hydrogen-bond donors (Lipinski definition) is 1. The predicted molar refractivity (Wildman–Crippen MR) is 83.8 cm³/mol. The van der Waals surface area contributed by atoms with E-state index in [4.69, 9.17) is 4.74 Å². The third-order valence-electron chi connectivity index (χ3n) is 4.20. The highest BCUT2D eigenvalue weighted by molar-refractivity contribution is 5.95. The van der Waals surface area contributed by atoms with Crippen LogP contribution in [0.1, 0.15) is 28.4 Å². The number of amides is 1. The second-order valence-corrected chi connectivity index (χ2v) is 5.76. The van der Waals surface area contributed by atoms with Crippen LogP contribution in [0.15, 0.2) is 42.5 Å². The second kappa shape index (κ2) is 6.57. The number of likely N-dealkylation sites (tertiary alicyclic amines) is 1. The zero-order chi connectivity index (χ0) is 17.3. The van der Waals surface area contributed by atoms with Crippen molar-refractivity contribution >= 4 is 5.91 Å². The fraction of sp³-hybridized carbons (Fsp3) is 0.278. The second-order valence-electron chi connectivity index (χ2n) is 5.76. The fourth-order valence-electron chi connectivity index (χ4n) is 2.99. The van der Waals surface area contributed by atoms with E-state index in [9.17, 15) is 18.7 Å². The molecule has 0 spiro atoms. The number of aliphatic hydroxyl groups is 1. The Morgan fingerprint density at radius 1 is 1.21 bits per heavy atom. The first-order chi connectivity index (χ1) is 11.5. The van der Waals surface area contributed by atoms with Crippen LogP contribution in [0.3, 0.4) is 0 Å². The van der Waals surface area contributed by atoms with Crippen molar-refractivity contribution in [3.05, 3.63) is 65.2 Å². The summed E-state index contributed by atoms with van der Waals surface area (Å²) in [5, 5.41) is 9.95. The Labute approximate surface area is 138 Å². The van der Waals surface area contributed by atoms with E-state index in [2.05, 4.69) is 0 Å². The highest BCUT2D eigenvalue weighted by Gasteiger charge is 2.36. The van der Waals surface area contributed by atoms with E-state index in [0.717, 1.165) is 6.07 Å². The van der Waals surface area contributed by atoms with Gasteiger partial charge in [0.25, 0.3) is 5.91 Å². The number of carbonyl (C=O) groups is 1. The standard InChI is InChI=1S/C18H17F2NO3/c1-24-14-6-7-15(16(20)9-14)18(23)21-10-13(22)8-17(21)11-2-4-12(19)5-3-11/h2-7,9,13,17,22H,8,10H2,1H3. The molecular formula is C18H17F2NO3. The maximum Gasteiger partial charge on any atom is 0.257 e. The van der Waals surface area contributed by atoms with Gasteiger partial charge in [0.15, 0.2) is 0 Å². The summed E-state index contributed by atoms with van der Waals surface area (Å²) >= 11 is 0. The van der Waals surface area contributed by atoms with Crippen molar-refractivity contribution in [3.8, 4) is 5.75 Å². The lowest BCUT2D eigenvalue weighted by Crippen LogP contribution is -2.32. The molecule has 0 aromatic heterocycles. The zero-order valence-corrected chi connectivity index (χ0v) is 13.1. The molecule has 0 aliphatic carbocycles. The number of benzene rings is 2. The molecule has 2 aromatic carbocycles. The van der Waals surface area contributed by atoms with E-state index in [-0.39, 0.29) is 17.9 Å². The molecule has 24 heavy (non-hydrogen) atoms. The van der Waals surface area contributed by atoms with E-state index in [1.165, 1.54) is 36.3 Å². The van der Waals surface area contributed by atoms with Crippen molar-refractivity contribution in [3.63, 3.8) is 0 Å². The first kappa shape index (κ1) is 16.4. The molecule has 0 radical (unpaired) electrons. The van der Waals surface area contributed by atoms with Crippen molar-refractivity contribution in [1.29, 1.82) is 0 Å². The fourth-order valence-corrected chi connectivity index (χ4v) is 2.99. The number of aliphatic hydroxyl groups excluding tert-OH is 1.